The number of hydrogen-bond donors (Lipinski definition) is 1. The molecule has 0 saturated carbocycles. The second-order valence-electron chi connectivity index (χ2n) is 4.51. The lowest BCUT2D eigenvalue weighted by atomic mass is 9.94. The van der Waals surface area contributed by atoms with Crippen molar-refractivity contribution in [1.82, 2.24) is 5.01 Å². The van der Waals surface area contributed by atoms with Crippen LogP contribution in [0.2, 0.25) is 0 Å². The van der Waals surface area contributed by atoms with E-state index in [0.717, 1.165) is 10.0 Å². The van der Waals surface area contributed by atoms with E-state index in [1.165, 1.54) is 5.01 Å². The van der Waals surface area contributed by atoms with Crippen LogP contribution in [0, 0.1) is 0 Å². The van der Waals surface area contributed by atoms with Gasteiger partial charge in [-0.1, -0.05) is 28.1 Å². The number of nitrogens with zero attached hydrogens (tertiary/aromatic N) is 1. The minimum absolute atomic E-state index is 0.0970. The standard InChI is InChI=1S/C12H16BrClN2O/c1-12(2,16(15)11(17)8-14)7-9-3-5-10(13)6-4-9/h3-6H,7-8,15H2,1-2H3. The van der Waals surface area contributed by atoms with Gasteiger partial charge in [-0.05, 0) is 38.0 Å². The van der Waals surface area contributed by atoms with Crippen LogP contribution in [-0.4, -0.2) is 22.3 Å². The number of rotatable bonds is 4. The van der Waals surface area contributed by atoms with Crippen molar-refractivity contribution >= 4 is 33.4 Å². The molecule has 0 unspecified atom stereocenters. The fourth-order valence-electron chi connectivity index (χ4n) is 1.59. The van der Waals surface area contributed by atoms with E-state index < -0.39 is 5.54 Å². The lowest BCUT2D eigenvalue weighted by molar-refractivity contribution is -0.134. The van der Waals surface area contributed by atoms with Gasteiger partial charge in [0.25, 0.3) is 5.91 Å². The molecule has 1 aromatic rings. The molecular weight excluding hydrogens is 304 g/mol. The highest BCUT2D eigenvalue weighted by molar-refractivity contribution is 9.10. The van der Waals surface area contributed by atoms with Crippen LogP contribution in [0.15, 0.2) is 28.7 Å². The molecule has 1 rings (SSSR count). The summed E-state index contributed by atoms with van der Waals surface area (Å²) < 4.78 is 1.03. The minimum atomic E-state index is -0.459. The van der Waals surface area contributed by atoms with Crippen LogP contribution in [-0.2, 0) is 11.2 Å². The molecule has 17 heavy (non-hydrogen) atoms. The summed E-state index contributed by atoms with van der Waals surface area (Å²) in [5.41, 5.74) is 0.663. The van der Waals surface area contributed by atoms with E-state index in [0.29, 0.717) is 6.42 Å². The predicted molar refractivity (Wildman–Crippen MR) is 73.7 cm³/mol. The summed E-state index contributed by atoms with van der Waals surface area (Å²) >= 11 is 8.88. The molecule has 0 aromatic heterocycles. The van der Waals surface area contributed by atoms with Crippen molar-refractivity contribution in [3.05, 3.63) is 34.3 Å². The molecule has 1 aromatic carbocycles. The quantitative estimate of drug-likeness (QED) is 0.401. The summed E-state index contributed by atoms with van der Waals surface area (Å²) in [4.78, 5) is 11.5. The van der Waals surface area contributed by atoms with E-state index in [2.05, 4.69) is 15.9 Å². The predicted octanol–water partition coefficient (Wildman–Crippen LogP) is 2.71. The monoisotopic (exact) mass is 318 g/mol. The fourth-order valence-corrected chi connectivity index (χ4v) is 1.98. The second-order valence-corrected chi connectivity index (χ2v) is 5.70. The van der Waals surface area contributed by atoms with Crippen LogP contribution in [0.25, 0.3) is 0 Å². The van der Waals surface area contributed by atoms with Crippen LogP contribution >= 0.6 is 27.5 Å². The van der Waals surface area contributed by atoms with Gasteiger partial charge in [0.2, 0.25) is 0 Å². The van der Waals surface area contributed by atoms with Gasteiger partial charge in [-0.2, -0.15) is 0 Å². The third-order valence-electron chi connectivity index (χ3n) is 2.59. The maximum Gasteiger partial charge on any atom is 0.251 e. The summed E-state index contributed by atoms with van der Waals surface area (Å²) in [6.07, 6.45) is 0.680. The first-order chi connectivity index (χ1) is 7.86. The van der Waals surface area contributed by atoms with Crippen molar-refractivity contribution in [2.45, 2.75) is 25.8 Å². The molecule has 0 radical (unpaired) electrons. The first kappa shape index (κ1) is 14.5. The van der Waals surface area contributed by atoms with Crippen molar-refractivity contribution in [1.29, 1.82) is 0 Å². The van der Waals surface area contributed by atoms with Crippen molar-refractivity contribution < 1.29 is 4.79 Å². The third-order valence-corrected chi connectivity index (χ3v) is 3.34. The number of hydrazine groups is 1. The van der Waals surface area contributed by atoms with Crippen molar-refractivity contribution in [3.63, 3.8) is 0 Å². The van der Waals surface area contributed by atoms with E-state index in [4.69, 9.17) is 17.4 Å². The molecule has 1 amide bonds. The summed E-state index contributed by atoms with van der Waals surface area (Å²) in [7, 11) is 0. The maximum atomic E-state index is 11.5. The van der Waals surface area contributed by atoms with Crippen LogP contribution in [0.4, 0.5) is 0 Å². The van der Waals surface area contributed by atoms with Gasteiger partial charge in [-0.3, -0.25) is 9.80 Å². The van der Waals surface area contributed by atoms with Gasteiger partial charge in [0.15, 0.2) is 0 Å². The Morgan fingerprint density at radius 1 is 1.41 bits per heavy atom. The number of halogens is 2. The number of alkyl halides is 1. The highest BCUT2D eigenvalue weighted by Gasteiger charge is 2.28. The summed E-state index contributed by atoms with van der Waals surface area (Å²) in [5.74, 6) is 5.41. The van der Waals surface area contributed by atoms with Gasteiger partial charge in [-0.25, -0.2) is 5.84 Å². The Labute approximate surface area is 115 Å². The normalized spacial score (nSPS) is 11.4. The fraction of sp³-hybridized carbons (Fsp3) is 0.417. The first-order valence-electron chi connectivity index (χ1n) is 5.25. The SMILES string of the molecule is CC(C)(Cc1ccc(Br)cc1)N(N)C(=O)CCl. The second kappa shape index (κ2) is 5.85. The zero-order valence-corrected chi connectivity index (χ0v) is 12.3. The lowest BCUT2D eigenvalue weighted by Gasteiger charge is -2.34. The Bertz CT molecular complexity index is 392. The number of carbonyl (C=O) groups is 1. The topological polar surface area (TPSA) is 46.3 Å². The van der Waals surface area contributed by atoms with E-state index in [9.17, 15) is 4.79 Å². The molecule has 0 aliphatic rings. The van der Waals surface area contributed by atoms with E-state index >= 15 is 0 Å². The van der Waals surface area contributed by atoms with Gasteiger partial charge >= 0.3 is 0 Å². The zero-order valence-electron chi connectivity index (χ0n) is 9.91. The van der Waals surface area contributed by atoms with Crippen LogP contribution < -0.4 is 5.84 Å². The molecule has 2 N–H and O–H groups in total. The minimum Gasteiger partial charge on any atom is -0.274 e. The average molecular weight is 320 g/mol. The van der Waals surface area contributed by atoms with Gasteiger partial charge in [-0.15, -0.1) is 11.6 Å². The number of nitrogens with two attached hydrogens (primary N) is 1. The van der Waals surface area contributed by atoms with Gasteiger partial charge in [0, 0.05) is 4.47 Å². The van der Waals surface area contributed by atoms with E-state index in [1.54, 1.807) is 0 Å². The molecule has 3 nitrogen and oxygen atoms in total. The molecule has 0 heterocycles. The van der Waals surface area contributed by atoms with Crippen molar-refractivity contribution in [3.8, 4) is 0 Å². The molecule has 94 valence electrons. The molecule has 5 heteroatoms. The number of amides is 1. The Morgan fingerprint density at radius 2 is 1.94 bits per heavy atom. The molecule has 0 aliphatic heterocycles. The molecule has 0 atom stereocenters. The molecular formula is C12H16BrClN2O. The van der Waals surface area contributed by atoms with Gasteiger partial charge in [0.05, 0.1) is 5.54 Å². The molecule has 0 spiro atoms. The Hall–Kier alpha value is -0.580. The van der Waals surface area contributed by atoms with Crippen molar-refractivity contribution in [2.24, 2.45) is 5.84 Å². The average Bonchev–Trinajstić information content (AvgIpc) is 2.30. The summed E-state index contributed by atoms with van der Waals surface area (Å²) in [6, 6.07) is 7.95. The smallest absolute Gasteiger partial charge is 0.251 e. The highest BCUT2D eigenvalue weighted by atomic mass is 79.9. The zero-order chi connectivity index (χ0) is 13.1. The van der Waals surface area contributed by atoms with Crippen LogP contribution in [0.5, 0.6) is 0 Å². The lowest BCUT2D eigenvalue weighted by Crippen LogP contribution is -2.54. The summed E-state index contributed by atoms with van der Waals surface area (Å²) in [6.45, 7) is 3.83. The van der Waals surface area contributed by atoms with Gasteiger partial charge < -0.3 is 0 Å². The Kier molecular flexibility index (Phi) is 4.98. The number of hydrogen-bond acceptors (Lipinski definition) is 2. The largest absolute Gasteiger partial charge is 0.274 e. The number of carbonyl (C=O) groups excluding carboxylic acids is 1. The molecule has 0 bridgehead atoms. The molecule has 0 aliphatic carbocycles. The highest BCUT2D eigenvalue weighted by Crippen LogP contribution is 2.20. The number of benzene rings is 1. The first-order valence-corrected chi connectivity index (χ1v) is 6.58. The maximum absolute atomic E-state index is 11.5. The third kappa shape index (κ3) is 3.98. The Balaban J connectivity index is 2.78. The van der Waals surface area contributed by atoms with E-state index in [-0.39, 0.29) is 11.8 Å². The molecule has 0 saturated heterocycles. The van der Waals surface area contributed by atoms with Gasteiger partial charge in [0.1, 0.15) is 5.88 Å². The molecule has 0 fully saturated rings. The van der Waals surface area contributed by atoms with Crippen molar-refractivity contribution in [2.75, 3.05) is 5.88 Å². The summed E-state index contributed by atoms with van der Waals surface area (Å²) in [5, 5.41) is 1.21. The van der Waals surface area contributed by atoms with E-state index in [1.807, 2.05) is 38.1 Å². The van der Waals surface area contributed by atoms with Crippen LogP contribution in [0.1, 0.15) is 19.4 Å². The van der Waals surface area contributed by atoms with Crippen LogP contribution in [0.3, 0.4) is 0 Å². The Morgan fingerprint density at radius 3 is 2.41 bits per heavy atom.